The molecular formula is C98H109BN2. The van der Waals surface area contributed by atoms with E-state index in [1.165, 1.54) is 178 Å². The van der Waals surface area contributed by atoms with Gasteiger partial charge in [-0.1, -0.05) is 291 Å². The van der Waals surface area contributed by atoms with E-state index >= 15 is 0 Å². The zero-order valence-corrected chi connectivity index (χ0v) is 65.6. The van der Waals surface area contributed by atoms with Crippen LogP contribution in [-0.4, -0.2) is 6.71 Å². The van der Waals surface area contributed by atoms with Crippen LogP contribution in [0, 0.1) is 27.7 Å². The lowest BCUT2D eigenvalue weighted by atomic mass is 9.33. The number of hydrogen-bond acceptors (Lipinski definition) is 2. The van der Waals surface area contributed by atoms with Crippen LogP contribution in [0.15, 0.2) is 206 Å². The van der Waals surface area contributed by atoms with Crippen LogP contribution in [0.5, 0.6) is 0 Å². The first-order chi connectivity index (χ1) is 47.1. The van der Waals surface area contributed by atoms with E-state index in [0.29, 0.717) is 0 Å². The molecule has 0 saturated heterocycles. The van der Waals surface area contributed by atoms with Gasteiger partial charge in [0.05, 0.1) is 11.4 Å². The molecule has 0 aromatic heterocycles. The largest absolute Gasteiger partial charge is 0.311 e. The fourth-order valence-electron chi connectivity index (χ4n) is 15.7. The summed E-state index contributed by atoms with van der Waals surface area (Å²) in [6.45, 7) is 58.2. The first-order valence-electron chi connectivity index (χ1n) is 37.1. The van der Waals surface area contributed by atoms with Gasteiger partial charge in [0.2, 0.25) is 0 Å². The van der Waals surface area contributed by atoms with E-state index in [-0.39, 0.29) is 44.6 Å². The normalized spacial score (nSPS) is 13.5. The summed E-state index contributed by atoms with van der Waals surface area (Å²) in [6, 6.07) is 81.9. The monoisotopic (exact) mass is 1320 g/mol. The highest BCUT2D eigenvalue weighted by atomic mass is 15.2. The summed E-state index contributed by atoms with van der Waals surface area (Å²) >= 11 is 0. The number of fused-ring (bicyclic) bond motifs is 4. The first-order valence-corrected chi connectivity index (χ1v) is 37.1. The zero-order chi connectivity index (χ0) is 72.7. The second-order valence-corrected chi connectivity index (χ2v) is 37.2. The number of anilines is 6. The molecule has 0 fully saturated rings. The molecule has 2 heterocycles. The van der Waals surface area contributed by atoms with Crippen molar-refractivity contribution in [2.45, 2.75) is 211 Å². The van der Waals surface area contributed by atoms with Gasteiger partial charge in [0, 0.05) is 22.7 Å². The number of benzene rings is 11. The Morgan fingerprint density at radius 3 is 0.634 bits per heavy atom. The third-order valence-electron chi connectivity index (χ3n) is 22.0. The van der Waals surface area contributed by atoms with Gasteiger partial charge >= 0.3 is 0 Å². The Balaban J connectivity index is 1.11. The summed E-state index contributed by atoms with van der Waals surface area (Å²) in [4.78, 5) is 5.41. The molecule has 3 heteroatoms. The summed E-state index contributed by atoms with van der Waals surface area (Å²) in [6.07, 6.45) is 0. The first kappa shape index (κ1) is 70.5. The highest BCUT2D eigenvalue weighted by molar-refractivity contribution is 7.00. The lowest BCUT2D eigenvalue weighted by Crippen LogP contribution is -2.61. The van der Waals surface area contributed by atoms with Crippen LogP contribution in [0.3, 0.4) is 0 Å². The lowest BCUT2D eigenvalue weighted by molar-refractivity contribution is 0.589. The molecule has 11 aromatic rings. The van der Waals surface area contributed by atoms with Crippen LogP contribution in [0.4, 0.5) is 34.1 Å². The molecule has 0 N–H and O–H groups in total. The van der Waals surface area contributed by atoms with Crippen LogP contribution in [0.1, 0.15) is 207 Å². The molecule has 2 aliphatic heterocycles. The van der Waals surface area contributed by atoms with Crippen LogP contribution < -0.4 is 26.2 Å². The number of aryl methyl sites for hydroxylation is 4. The van der Waals surface area contributed by atoms with Crippen molar-refractivity contribution in [2.75, 3.05) is 9.80 Å². The summed E-state index contributed by atoms with van der Waals surface area (Å²) in [7, 11) is 0. The minimum Gasteiger partial charge on any atom is -0.311 e. The molecule has 514 valence electrons. The number of rotatable bonds is 8. The highest BCUT2D eigenvalue weighted by Crippen LogP contribution is 2.52. The summed E-state index contributed by atoms with van der Waals surface area (Å²) < 4.78 is 0. The van der Waals surface area contributed by atoms with Crippen molar-refractivity contribution in [3.05, 3.63) is 267 Å². The Labute approximate surface area is 608 Å². The maximum absolute atomic E-state index is 2.71. The van der Waals surface area contributed by atoms with Crippen molar-refractivity contribution in [3.8, 4) is 66.8 Å². The van der Waals surface area contributed by atoms with Crippen LogP contribution in [0.25, 0.3) is 66.8 Å². The molecule has 0 amide bonds. The molecule has 0 spiro atoms. The van der Waals surface area contributed by atoms with Gasteiger partial charge in [-0.15, -0.1) is 0 Å². The number of hydrogen-bond donors (Lipinski definition) is 0. The molecular weight excluding hydrogens is 1220 g/mol. The second kappa shape index (κ2) is 25.0. The number of nitrogens with zero attached hydrogens (tertiary/aromatic N) is 2. The van der Waals surface area contributed by atoms with E-state index in [0.717, 1.165) is 0 Å². The fraction of sp³-hybridized carbons (Fsp3) is 0.327. The molecule has 101 heavy (non-hydrogen) atoms. The quantitative estimate of drug-likeness (QED) is 0.140. The van der Waals surface area contributed by atoms with E-state index < -0.39 is 0 Å². The van der Waals surface area contributed by atoms with Crippen LogP contribution in [0.2, 0.25) is 0 Å². The lowest BCUT2D eigenvalue weighted by Gasteiger charge is -2.46. The molecule has 0 saturated carbocycles. The third-order valence-corrected chi connectivity index (χ3v) is 22.0. The van der Waals surface area contributed by atoms with Gasteiger partial charge in [-0.05, 0) is 271 Å². The molecule has 2 aliphatic rings. The second-order valence-electron chi connectivity index (χ2n) is 37.2. The van der Waals surface area contributed by atoms with Crippen LogP contribution >= 0.6 is 0 Å². The highest BCUT2D eigenvalue weighted by Gasteiger charge is 2.46. The SMILES string of the molecule is Cc1cc(C(C)(C)C)cc(C)c1N1c2cc(-c3cc(-c4ccc(C(C)(C)C)cc4)cc(-c4ccc(C(C)(C)C)cc4)c3)ccc2B2c3ccc(-c4cc(-c5ccc(C(C)(C)C)cc5)cc(-c5ccc(C(C)(C)C)cc5)c4)cc3N(c3c(C)cc(C(C)(C)C)cc3C)c3cc(C(C)(C)C)cc1c32. The predicted octanol–water partition coefficient (Wildman–Crippen LogP) is 26.1. The summed E-state index contributed by atoms with van der Waals surface area (Å²) in [5, 5.41) is 0. The van der Waals surface area contributed by atoms with Gasteiger partial charge in [-0.25, -0.2) is 0 Å². The fourth-order valence-corrected chi connectivity index (χ4v) is 15.7. The van der Waals surface area contributed by atoms with Gasteiger partial charge in [0.15, 0.2) is 0 Å². The maximum Gasteiger partial charge on any atom is 0.252 e. The van der Waals surface area contributed by atoms with E-state index in [9.17, 15) is 0 Å². The molecule has 0 aliphatic carbocycles. The van der Waals surface area contributed by atoms with E-state index in [1.807, 2.05) is 0 Å². The van der Waals surface area contributed by atoms with Crippen molar-refractivity contribution < 1.29 is 0 Å². The molecule has 0 radical (unpaired) electrons. The van der Waals surface area contributed by atoms with Crippen molar-refractivity contribution in [3.63, 3.8) is 0 Å². The van der Waals surface area contributed by atoms with E-state index in [4.69, 9.17) is 0 Å². The van der Waals surface area contributed by atoms with Gasteiger partial charge in [-0.3, -0.25) is 0 Å². The van der Waals surface area contributed by atoms with Gasteiger partial charge < -0.3 is 9.80 Å². The topological polar surface area (TPSA) is 6.48 Å². The third kappa shape index (κ3) is 13.5. The molecule has 0 atom stereocenters. The Morgan fingerprint density at radius 1 is 0.198 bits per heavy atom. The maximum atomic E-state index is 2.71. The van der Waals surface area contributed by atoms with Crippen molar-refractivity contribution >= 4 is 57.2 Å². The molecule has 0 unspecified atom stereocenters. The van der Waals surface area contributed by atoms with Crippen LogP contribution in [-0.2, 0) is 37.9 Å². The summed E-state index contributed by atoms with van der Waals surface area (Å²) in [5.74, 6) is 0. The van der Waals surface area contributed by atoms with E-state index in [2.05, 4.69) is 389 Å². The Hall–Kier alpha value is -8.92. The Bertz CT molecular complexity index is 4520. The van der Waals surface area contributed by atoms with Gasteiger partial charge in [-0.2, -0.15) is 0 Å². The minimum absolute atomic E-state index is 0.0384. The zero-order valence-electron chi connectivity index (χ0n) is 65.6. The standard InChI is InChI=1S/C98H109BN2/c1-60-46-80(96(17,18)19)47-61(2)90(60)100-85-56-68(74-52-70(64-26-36-76(37-27-64)92(5,6)7)50-71(53-74)65-28-38-77(39-29-65)93(8,9)10)34-44-83(85)99-84-45-35-69(75-54-72(66-30-40-78(41-31-66)94(11,12)13)51-73(55-75)67-32-42-79(43-33-67)95(14,15)16)57-86(84)101(88-59-82(98(23,24)25)58-87(100)89(88)99)91-62(3)48-81(49-63(91)4)97(20,21)22/h26-59H,1-25H3. The minimum atomic E-state index is -0.219. The Morgan fingerprint density at radius 2 is 0.406 bits per heavy atom. The smallest absolute Gasteiger partial charge is 0.252 e. The molecule has 2 nitrogen and oxygen atoms in total. The van der Waals surface area contributed by atoms with E-state index in [1.54, 1.807) is 0 Å². The predicted molar refractivity (Wildman–Crippen MR) is 443 cm³/mol. The molecule has 11 aromatic carbocycles. The van der Waals surface area contributed by atoms with Crippen molar-refractivity contribution in [2.24, 2.45) is 0 Å². The molecule has 0 bridgehead atoms. The van der Waals surface area contributed by atoms with Crippen molar-refractivity contribution in [1.82, 2.24) is 0 Å². The van der Waals surface area contributed by atoms with Gasteiger partial charge in [0.25, 0.3) is 6.71 Å². The van der Waals surface area contributed by atoms with Gasteiger partial charge in [0.1, 0.15) is 0 Å². The summed E-state index contributed by atoms with van der Waals surface area (Å²) in [5.41, 5.74) is 39.9. The Kier molecular flexibility index (Phi) is 17.4. The average Bonchev–Trinajstić information content (AvgIpc) is 0.689. The molecule has 13 rings (SSSR count). The van der Waals surface area contributed by atoms with Crippen molar-refractivity contribution in [1.29, 1.82) is 0 Å². The average molecular weight is 1330 g/mol.